The van der Waals surface area contributed by atoms with Gasteiger partial charge < -0.3 is 10.1 Å². The number of halogens is 1. The van der Waals surface area contributed by atoms with Crippen molar-refractivity contribution < 1.29 is 18.7 Å². The van der Waals surface area contributed by atoms with E-state index in [1.54, 1.807) is 19.1 Å². The number of rotatable bonds is 7. The quantitative estimate of drug-likeness (QED) is 0.656. The summed E-state index contributed by atoms with van der Waals surface area (Å²) in [6, 6.07) is 5.95. The molecule has 0 spiro atoms. The molecule has 140 valence electrons. The lowest BCUT2D eigenvalue weighted by Gasteiger charge is -2.13. The Morgan fingerprint density at radius 3 is 2.31 bits per heavy atom. The van der Waals surface area contributed by atoms with Gasteiger partial charge in [0.25, 0.3) is 0 Å². The molecule has 26 heavy (non-hydrogen) atoms. The standard InChI is InChI=1S/C20H24FNO3S/c1-5-13(6-2)18(23)22-19-17(20(24)25-7-3)16(12(4)26-19)14-8-10-15(21)11-9-14/h8-11,13H,5-7H2,1-4H3,(H,22,23). The number of anilines is 1. The molecule has 0 bridgehead atoms. The van der Waals surface area contributed by atoms with Crippen LogP contribution in [0.1, 0.15) is 48.8 Å². The highest BCUT2D eigenvalue weighted by Gasteiger charge is 2.26. The van der Waals surface area contributed by atoms with E-state index in [0.717, 1.165) is 17.7 Å². The fraction of sp³-hybridized carbons (Fsp3) is 0.400. The molecule has 1 aromatic heterocycles. The first kappa shape index (κ1) is 20.1. The largest absolute Gasteiger partial charge is 0.462 e. The summed E-state index contributed by atoms with van der Waals surface area (Å²) in [5.74, 6) is -1.05. The van der Waals surface area contributed by atoms with Gasteiger partial charge >= 0.3 is 5.97 Å². The molecule has 0 saturated heterocycles. The van der Waals surface area contributed by atoms with Crippen molar-refractivity contribution in [2.24, 2.45) is 5.92 Å². The molecule has 0 unspecified atom stereocenters. The molecule has 0 aliphatic heterocycles. The highest BCUT2D eigenvalue weighted by atomic mass is 32.1. The lowest BCUT2D eigenvalue weighted by atomic mass is 10.0. The maximum atomic E-state index is 13.3. The van der Waals surface area contributed by atoms with Gasteiger partial charge in [-0.3, -0.25) is 4.79 Å². The van der Waals surface area contributed by atoms with E-state index < -0.39 is 5.97 Å². The molecule has 0 atom stereocenters. The lowest BCUT2D eigenvalue weighted by molar-refractivity contribution is -0.120. The van der Waals surface area contributed by atoms with Gasteiger partial charge in [-0.1, -0.05) is 26.0 Å². The molecule has 1 amide bonds. The van der Waals surface area contributed by atoms with Crippen LogP contribution in [0.3, 0.4) is 0 Å². The second-order valence-corrected chi connectivity index (χ2v) is 7.19. The summed E-state index contributed by atoms with van der Waals surface area (Å²) >= 11 is 1.33. The maximum absolute atomic E-state index is 13.3. The average Bonchev–Trinajstić information content (AvgIpc) is 2.93. The van der Waals surface area contributed by atoms with Gasteiger partial charge in [0.1, 0.15) is 16.4 Å². The van der Waals surface area contributed by atoms with Crippen LogP contribution in [0.2, 0.25) is 0 Å². The van der Waals surface area contributed by atoms with Gasteiger partial charge in [-0.2, -0.15) is 0 Å². The van der Waals surface area contributed by atoms with E-state index in [9.17, 15) is 14.0 Å². The fourth-order valence-corrected chi connectivity index (χ4v) is 3.94. The second kappa shape index (κ2) is 8.94. The first-order valence-electron chi connectivity index (χ1n) is 8.80. The summed E-state index contributed by atoms with van der Waals surface area (Å²) in [5, 5.41) is 3.38. The first-order valence-corrected chi connectivity index (χ1v) is 9.61. The highest BCUT2D eigenvalue weighted by Crippen LogP contribution is 2.40. The molecular formula is C20H24FNO3S. The molecule has 0 aliphatic rings. The van der Waals surface area contributed by atoms with Crippen LogP contribution in [0.5, 0.6) is 0 Å². The van der Waals surface area contributed by atoms with E-state index in [2.05, 4.69) is 5.32 Å². The van der Waals surface area contributed by atoms with Crippen LogP contribution in [-0.2, 0) is 9.53 Å². The fourth-order valence-electron chi connectivity index (χ4n) is 2.87. The molecule has 1 aromatic carbocycles. The van der Waals surface area contributed by atoms with E-state index >= 15 is 0 Å². The first-order chi connectivity index (χ1) is 12.4. The van der Waals surface area contributed by atoms with Crippen LogP contribution >= 0.6 is 11.3 Å². The van der Waals surface area contributed by atoms with Gasteiger partial charge in [0.2, 0.25) is 5.91 Å². The molecule has 2 aromatic rings. The monoisotopic (exact) mass is 377 g/mol. The third-order valence-corrected chi connectivity index (χ3v) is 5.31. The van der Waals surface area contributed by atoms with Gasteiger partial charge in [0, 0.05) is 16.4 Å². The maximum Gasteiger partial charge on any atom is 0.341 e. The summed E-state index contributed by atoms with van der Waals surface area (Å²) in [5.41, 5.74) is 1.72. The Labute approximate surface area is 157 Å². The molecule has 1 N–H and O–H groups in total. The smallest absolute Gasteiger partial charge is 0.341 e. The molecule has 4 nitrogen and oxygen atoms in total. The van der Waals surface area contributed by atoms with Crippen molar-refractivity contribution in [2.75, 3.05) is 11.9 Å². The van der Waals surface area contributed by atoms with Crippen molar-refractivity contribution in [3.63, 3.8) is 0 Å². The zero-order valence-corrected chi connectivity index (χ0v) is 16.3. The molecule has 0 aliphatic carbocycles. The van der Waals surface area contributed by atoms with Gasteiger partial charge in [-0.15, -0.1) is 11.3 Å². The molecule has 6 heteroatoms. The molecule has 0 fully saturated rings. The molecule has 1 heterocycles. The summed E-state index contributed by atoms with van der Waals surface area (Å²) in [4.78, 5) is 26.0. The summed E-state index contributed by atoms with van der Waals surface area (Å²) in [7, 11) is 0. The molecule has 0 saturated carbocycles. The SMILES string of the molecule is CCOC(=O)c1c(NC(=O)C(CC)CC)sc(C)c1-c1ccc(F)cc1. The normalized spacial score (nSPS) is 10.8. The van der Waals surface area contributed by atoms with Gasteiger partial charge in [-0.25, -0.2) is 9.18 Å². The number of aryl methyl sites for hydroxylation is 1. The Bertz CT molecular complexity index is 779. The van der Waals surface area contributed by atoms with E-state index in [1.807, 2.05) is 20.8 Å². The van der Waals surface area contributed by atoms with Crippen LogP contribution in [0.25, 0.3) is 11.1 Å². The van der Waals surface area contributed by atoms with Crippen LogP contribution in [-0.4, -0.2) is 18.5 Å². The van der Waals surface area contributed by atoms with E-state index in [-0.39, 0.29) is 24.2 Å². The number of carbonyl (C=O) groups excluding carboxylic acids is 2. The third-order valence-electron chi connectivity index (χ3n) is 4.29. The van der Waals surface area contributed by atoms with E-state index in [1.165, 1.54) is 23.5 Å². The number of amides is 1. The van der Waals surface area contributed by atoms with Crippen LogP contribution in [0.15, 0.2) is 24.3 Å². The van der Waals surface area contributed by atoms with Crippen LogP contribution < -0.4 is 5.32 Å². The summed E-state index contributed by atoms with van der Waals surface area (Å²) in [6.45, 7) is 7.76. The molecule has 2 rings (SSSR count). The van der Waals surface area contributed by atoms with Crippen molar-refractivity contribution in [1.82, 2.24) is 0 Å². The van der Waals surface area contributed by atoms with Crippen molar-refractivity contribution in [3.05, 3.63) is 40.5 Å². The topological polar surface area (TPSA) is 55.4 Å². The lowest BCUT2D eigenvalue weighted by Crippen LogP contribution is -2.22. The number of hydrogen-bond donors (Lipinski definition) is 1. The predicted octanol–water partition coefficient (Wildman–Crippen LogP) is 5.41. The van der Waals surface area contributed by atoms with E-state index in [0.29, 0.717) is 21.7 Å². The average molecular weight is 377 g/mol. The Morgan fingerprint density at radius 2 is 1.77 bits per heavy atom. The molecule has 0 radical (unpaired) electrons. The Kier molecular flexibility index (Phi) is 6.91. The van der Waals surface area contributed by atoms with Crippen molar-refractivity contribution in [3.8, 4) is 11.1 Å². The minimum atomic E-state index is -0.490. The summed E-state index contributed by atoms with van der Waals surface area (Å²) < 4.78 is 18.5. The number of ether oxygens (including phenoxy) is 1. The van der Waals surface area contributed by atoms with Gasteiger partial charge in [0.05, 0.1) is 6.61 Å². The van der Waals surface area contributed by atoms with Crippen molar-refractivity contribution in [1.29, 1.82) is 0 Å². The number of carbonyl (C=O) groups is 2. The Hall–Kier alpha value is -2.21. The number of benzene rings is 1. The zero-order chi connectivity index (χ0) is 19.3. The minimum Gasteiger partial charge on any atom is -0.462 e. The minimum absolute atomic E-state index is 0.104. The number of thiophene rings is 1. The molecular weight excluding hydrogens is 353 g/mol. The zero-order valence-electron chi connectivity index (χ0n) is 15.5. The third kappa shape index (κ3) is 4.30. The predicted molar refractivity (Wildman–Crippen MR) is 103 cm³/mol. The number of esters is 1. The van der Waals surface area contributed by atoms with Gasteiger partial charge in [0.15, 0.2) is 0 Å². The highest BCUT2D eigenvalue weighted by molar-refractivity contribution is 7.17. The Balaban J connectivity index is 2.52. The van der Waals surface area contributed by atoms with Crippen molar-refractivity contribution >= 4 is 28.2 Å². The van der Waals surface area contributed by atoms with E-state index in [4.69, 9.17) is 4.74 Å². The van der Waals surface area contributed by atoms with Crippen LogP contribution in [0, 0.1) is 18.7 Å². The van der Waals surface area contributed by atoms with Crippen molar-refractivity contribution in [2.45, 2.75) is 40.5 Å². The number of hydrogen-bond acceptors (Lipinski definition) is 4. The van der Waals surface area contributed by atoms with Crippen LogP contribution in [0.4, 0.5) is 9.39 Å². The second-order valence-electron chi connectivity index (χ2n) is 5.97. The van der Waals surface area contributed by atoms with Gasteiger partial charge in [-0.05, 0) is 44.4 Å². The summed E-state index contributed by atoms with van der Waals surface area (Å²) in [6.07, 6.45) is 1.46. The number of nitrogens with one attached hydrogen (secondary N) is 1. The Morgan fingerprint density at radius 1 is 1.15 bits per heavy atom.